The lowest BCUT2D eigenvalue weighted by Gasteiger charge is -2.07. The van der Waals surface area contributed by atoms with Crippen molar-refractivity contribution in [1.29, 1.82) is 0 Å². The molecule has 0 N–H and O–H groups in total. The van der Waals surface area contributed by atoms with E-state index < -0.39 is 10.7 Å². The molecule has 5 nitrogen and oxygen atoms in total. The van der Waals surface area contributed by atoms with Crippen LogP contribution >= 0.6 is 0 Å². The van der Waals surface area contributed by atoms with Gasteiger partial charge in [0.1, 0.15) is 11.5 Å². The third-order valence-corrected chi connectivity index (χ3v) is 2.41. The molecule has 2 aromatic rings. The largest absolute Gasteiger partial charge is 0.497 e. The van der Waals surface area contributed by atoms with Gasteiger partial charge in [0.05, 0.1) is 18.1 Å². The van der Waals surface area contributed by atoms with Gasteiger partial charge < -0.3 is 9.47 Å². The number of hydrogen-bond donors (Lipinski definition) is 0. The van der Waals surface area contributed by atoms with E-state index in [1.165, 1.54) is 19.2 Å². The maximum Gasteiger partial charge on any atom is 0.272 e. The normalized spacial score (nSPS) is 10.0. The minimum absolute atomic E-state index is 0.0734. The van der Waals surface area contributed by atoms with Crippen LogP contribution < -0.4 is 9.47 Å². The molecule has 0 atom stereocenters. The van der Waals surface area contributed by atoms with Gasteiger partial charge in [-0.25, -0.2) is 4.39 Å². The summed E-state index contributed by atoms with van der Waals surface area (Å²) in [7, 11) is 1.53. The van der Waals surface area contributed by atoms with Gasteiger partial charge in [0.15, 0.2) is 11.6 Å². The van der Waals surface area contributed by atoms with Crippen LogP contribution in [0.1, 0.15) is 0 Å². The topological polar surface area (TPSA) is 61.6 Å². The van der Waals surface area contributed by atoms with Crippen LogP contribution in [0.4, 0.5) is 10.1 Å². The Morgan fingerprint density at radius 2 is 1.74 bits per heavy atom. The van der Waals surface area contributed by atoms with Crippen LogP contribution in [0, 0.1) is 15.9 Å². The first-order chi connectivity index (χ1) is 9.10. The molecule has 2 aromatic carbocycles. The number of benzene rings is 2. The molecule has 0 aliphatic rings. The molecule has 19 heavy (non-hydrogen) atoms. The Hall–Kier alpha value is -2.63. The second kappa shape index (κ2) is 5.34. The number of halogens is 1. The molecule has 0 saturated carbocycles. The van der Waals surface area contributed by atoms with E-state index in [4.69, 9.17) is 9.47 Å². The number of ether oxygens (including phenoxy) is 2. The summed E-state index contributed by atoms with van der Waals surface area (Å²) in [5.41, 5.74) is -0.320. The summed E-state index contributed by atoms with van der Waals surface area (Å²) in [6.45, 7) is 0. The monoisotopic (exact) mass is 263 g/mol. The number of nitro groups is 1. The van der Waals surface area contributed by atoms with Crippen LogP contribution in [0.25, 0.3) is 0 Å². The summed E-state index contributed by atoms with van der Waals surface area (Å²) in [4.78, 5) is 9.81. The molecule has 98 valence electrons. The van der Waals surface area contributed by atoms with Crippen molar-refractivity contribution in [1.82, 2.24) is 0 Å². The molecule has 0 heterocycles. The average molecular weight is 263 g/mol. The molecule has 2 rings (SSSR count). The second-order valence-electron chi connectivity index (χ2n) is 3.65. The van der Waals surface area contributed by atoms with E-state index in [0.717, 1.165) is 6.07 Å². The molecule has 0 fully saturated rings. The molecule has 0 bridgehead atoms. The average Bonchev–Trinajstić information content (AvgIpc) is 2.41. The second-order valence-corrected chi connectivity index (χ2v) is 3.65. The molecule has 0 unspecified atom stereocenters. The molecule has 0 radical (unpaired) electrons. The van der Waals surface area contributed by atoms with E-state index in [0.29, 0.717) is 11.5 Å². The number of nitro benzene ring substituents is 1. The minimum atomic E-state index is -0.787. The van der Waals surface area contributed by atoms with Gasteiger partial charge >= 0.3 is 0 Å². The lowest BCUT2D eigenvalue weighted by atomic mass is 10.3. The van der Waals surface area contributed by atoms with Gasteiger partial charge in [-0.15, -0.1) is 0 Å². The third kappa shape index (κ3) is 2.98. The molecule has 0 amide bonds. The Balaban J connectivity index is 2.20. The number of hydrogen-bond acceptors (Lipinski definition) is 4. The summed E-state index contributed by atoms with van der Waals surface area (Å²) < 4.78 is 23.9. The van der Waals surface area contributed by atoms with Gasteiger partial charge in [-0.05, 0) is 30.3 Å². The zero-order valence-corrected chi connectivity index (χ0v) is 10.00. The molecular weight excluding hydrogens is 253 g/mol. The summed E-state index contributed by atoms with van der Waals surface area (Å²) in [5.74, 6) is 0.200. The molecule has 0 spiro atoms. The number of non-ortho nitro benzene ring substituents is 1. The van der Waals surface area contributed by atoms with Gasteiger partial charge in [0.25, 0.3) is 5.69 Å². The highest BCUT2D eigenvalue weighted by Crippen LogP contribution is 2.28. The lowest BCUT2D eigenvalue weighted by molar-refractivity contribution is -0.385. The van der Waals surface area contributed by atoms with Crippen molar-refractivity contribution in [2.24, 2.45) is 0 Å². The third-order valence-electron chi connectivity index (χ3n) is 2.41. The van der Waals surface area contributed by atoms with Crippen LogP contribution in [0.15, 0.2) is 42.5 Å². The highest BCUT2D eigenvalue weighted by atomic mass is 19.1. The van der Waals surface area contributed by atoms with Gasteiger partial charge in [0.2, 0.25) is 0 Å². The molecule has 0 aliphatic heterocycles. The Morgan fingerprint density at radius 3 is 2.26 bits per heavy atom. The van der Waals surface area contributed by atoms with Crippen molar-refractivity contribution in [2.75, 3.05) is 7.11 Å². The van der Waals surface area contributed by atoms with Gasteiger partial charge in [0, 0.05) is 6.07 Å². The fraction of sp³-hybridized carbons (Fsp3) is 0.0769. The van der Waals surface area contributed by atoms with Crippen molar-refractivity contribution in [2.45, 2.75) is 0 Å². The van der Waals surface area contributed by atoms with Crippen molar-refractivity contribution < 1.29 is 18.8 Å². The summed E-state index contributed by atoms with van der Waals surface area (Å²) in [5, 5.41) is 10.5. The Kier molecular flexibility index (Phi) is 3.61. The summed E-state index contributed by atoms with van der Waals surface area (Å²) >= 11 is 0. The first-order valence-electron chi connectivity index (χ1n) is 5.36. The minimum Gasteiger partial charge on any atom is -0.497 e. The Morgan fingerprint density at radius 1 is 1.11 bits per heavy atom. The smallest absolute Gasteiger partial charge is 0.272 e. The Bertz CT molecular complexity index is 598. The number of rotatable bonds is 4. The highest BCUT2D eigenvalue weighted by Gasteiger charge is 2.12. The maximum atomic E-state index is 13.6. The molecule has 0 aliphatic carbocycles. The highest BCUT2D eigenvalue weighted by molar-refractivity contribution is 5.41. The summed E-state index contributed by atoms with van der Waals surface area (Å²) in [6.07, 6.45) is 0. The van der Waals surface area contributed by atoms with Crippen molar-refractivity contribution in [3.63, 3.8) is 0 Å². The van der Waals surface area contributed by atoms with Gasteiger partial charge in [-0.1, -0.05) is 0 Å². The standard InChI is InChI=1S/C13H10FNO4/c1-18-10-3-5-11(6-4-10)19-13-7-2-9(15(16)17)8-12(13)14/h2-8H,1H3. The van der Waals surface area contributed by atoms with E-state index >= 15 is 0 Å². The van der Waals surface area contributed by atoms with Gasteiger partial charge in [-0.2, -0.15) is 0 Å². The fourth-order valence-electron chi connectivity index (χ4n) is 1.46. The van der Waals surface area contributed by atoms with Crippen LogP contribution in [-0.2, 0) is 0 Å². The lowest BCUT2D eigenvalue weighted by Crippen LogP contribution is -1.92. The fourth-order valence-corrected chi connectivity index (χ4v) is 1.46. The van der Waals surface area contributed by atoms with Crippen molar-refractivity contribution in [3.8, 4) is 17.2 Å². The summed E-state index contributed by atoms with van der Waals surface area (Å²) in [6, 6.07) is 9.77. The maximum absolute atomic E-state index is 13.6. The molecule has 6 heteroatoms. The SMILES string of the molecule is COc1ccc(Oc2ccc([N+](=O)[O-])cc2F)cc1. The molecular formula is C13H10FNO4. The predicted molar refractivity (Wildman–Crippen MR) is 66.1 cm³/mol. The van der Waals surface area contributed by atoms with E-state index in [9.17, 15) is 14.5 Å². The molecule has 0 saturated heterocycles. The van der Waals surface area contributed by atoms with Crippen molar-refractivity contribution in [3.05, 3.63) is 58.4 Å². The zero-order valence-electron chi connectivity index (χ0n) is 10.00. The van der Waals surface area contributed by atoms with Crippen LogP contribution in [-0.4, -0.2) is 12.0 Å². The van der Waals surface area contributed by atoms with E-state index in [2.05, 4.69) is 0 Å². The van der Waals surface area contributed by atoms with Crippen molar-refractivity contribution >= 4 is 5.69 Å². The van der Waals surface area contributed by atoms with Gasteiger partial charge in [-0.3, -0.25) is 10.1 Å². The van der Waals surface area contributed by atoms with Crippen LogP contribution in [0.5, 0.6) is 17.2 Å². The first-order valence-corrected chi connectivity index (χ1v) is 5.36. The quantitative estimate of drug-likeness (QED) is 0.625. The number of methoxy groups -OCH3 is 1. The van der Waals surface area contributed by atoms with Crippen LogP contribution in [0.2, 0.25) is 0 Å². The van der Waals surface area contributed by atoms with Crippen LogP contribution in [0.3, 0.4) is 0 Å². The first kappa shape index (κ1) is 12.8. The van der Waals surface area contributed by atoms with E-state index in [1.807, 2.05) is 0 Å². The number of nitrogens with zero attached hydrogens (tertiary/aromatic N) is 1. The predicted octanol–water partition coefficient (Wildman–Crippen LogP) is 3.53. The molecule has 0 aromatic heterocycles. The van der Waals surface area contributed by atoms with E-state index in [-0.39, 0.29) is 11.4 Å². The van der Waals surface area contributed by atoms with E-state index in [1.54, 1.807) is 24.3 Å². The zero-order chi connectivity index (χ0) is 13.8. The Labute approximate surface area is 108 Å².